The number of likely N-dealkylation sites (tertiary alicyclic amines) is 1. The minimum atomic E-state index is -0.138. The van der Waals surface area contributed by atoms with Gasteiger partial charge in [0.2, 0.25) is 0 Å². The van der Waals surface area contributed by atoms with Gasteiger partial charge in [0, 0.05) is 43.6 Å². The molecule has 0 atom stereocenters. The first kappa shape index (κ1) is 19.7. The molecule has 25 heavy (non-hydrogen) atoms. The van der Waals surface area contributed by atoms with Gasteiger partial charge >= 0.3 is 0 Å². The normalized spacial score (nSPS) is 15.4. The maximum absolute atomic E-state index is 12.9. The van der Waals surface area contributed by atoms with E-state index in [2.05, 4.69) is 9.47 Å². The Bertz CT molecular complexity index is 641. The van der Waals surface area contributed by atoms with Crippen LogP contribution in [0.3, 0.4) is 0 Å². The summed E-state index contributed by atoms with van der Waals surface area (Å²) in [6.45, 7) is 13.3. The molecular formula is C20H33N3O2. The van der Waals surface area contributed by atoms with Gasteiger partial charge in [0.15, 0.2) is 5.43 Å². The Morgan fingerprint density at radius 1 is 1.08 bits per heavy atom. The molecule has 0 bridgehead atoms. The Kier molecular flexibility index (Phi) is 7.24. The first-order chi connectivity index (χ1) is 12.0. The van der Waals surface area contributed by atoms with E-state index in [9.17, 15) is 9.59 Å². The van der Waals surface area contributed by atoms with Crippen molar-refractivity contribution in [1.82, 2.24) is 14.4 Å². The lowest BCUT2D eigenvalue weighted by molar-refractivity contribution is 0.0769. The highest BCUT2D eigenvalue weighted by Crippen LogP contribution is 2.14. The number of nitrogens with zero attached hydrogens (tertiary/aromatic N) is 3. The molecular weight excluding hydrogens is 314 g/mol. The lowest BCUT2D eigenvalue weighted by Crippen LogP contribution is -2.37. The molecule has 0 N–H and O–H groups in total. The van der Waals surface area contributed by atoms with Gasteiger partial charge in [0.1, 0.15) is 5.56 Å². The minimum Gasteiger partial charge on any atom is -0.347 e. The summed E-state index contributed by atoms with van der Waals surface area (Å²) >= 11 is 0. The van der Waals surface area contributed by atoms with Gasteiger partial charge in [-0.2, -0.15) is 0 Å². The highest BCUT2D eigenvalue weighted by atomic mass is 16.2. The lowest BCUT2D eigenvalue weighted by atomic mass is 10.1. The molecule has 2 rings (SSSR count). The van der Waals surface area contributed by atoms with Crippen molar-refractivity contribution in [1.29, 1.82) is 0 Å². The molecule has 1 aromatic rings. The number of hydrogen-bond donors (Lipinski definition) is 0. The minimum absolute atomic E-state index is 0.126. The topological polar surface area (TPSA) is 45.6 Å². The molecule has 140 valence electrons. The van der Waals surface area contributed by atoms with Crippen LogP contribution in [0.25, 0.3) is 0 Å². The summed E-state index contributed by atoms with van der Waals surface area (Å²) < 4.78 is 2.19. The zero-order chi connectivity index (χ0) is 18.4. The van der Waals surface area contributed by atoms with Gasteiger partial charge in [0.05, 0.1) is 0 Å². The SMILES string of the molecule is CCc1c(C(=O)N(CC)CC)c(=O)cc(C)n1CCN1CCCCC1. The molecule has 0 saturated carbocycles. The van der Waals surface area contributed by atoms with Crippen molar-refractivity contribution in [3.05, 3.63) is 33.2 Å². The van der Waals surface area contributed by atoms with Crippen LogP contribution < -0.4 is 5.43 Å². The third-order valence-corrected chi connectivity index (χ3v) is 5.31. The van der Waals surface area contributed by atoms with Crippen molar-refractivity contribution >= 4 is 5.91 Å². The first-order valence-corrected chi connectivity index (χ1v) is 9.78. The van der Waals surface area contributed by atoms with Crippen LogP contribution in [0.15, 0.2) is 10.9 Å². The third-order valence-electron chi connectivity index (χ3n) is 5.31. The summed E-state index contributed by atoms with van der Waals surface area (Å²) in [4.78, 5) is 29.7. The van der Waals surface area contributed by atoms with E-state index in [-0.39, 0.29) is 11.3 Å². The fourth-order valence-corrected chi connectivity index (χ4v) is 3.83. The van der Waals surface area contributed by atoms with Gasteiger partial charge in [-0.3, -0.25) is 9.59 Å². The summed E-state index contributed by atoms with van der Waals surface area (Å²) in [6, 6.07) is 1.63. The number of pyridine rings is 1. The van der Waals surface area contributed by atoms with E-state index in [0.717, 1.165) is 37.6 Å². The standard InChI is InChI=1S/C20H33N3O2/c1-5-17-19(20(25)22(6-2)7-3)18(24)15-16(4)23(17)14-13-21-11-9-8-10-12-21/h15H,5-14H2,1-4H3. The Morgan fingerprint density at radius 3 is 2.28 bits per heavy atom. The Balaban J connectivity index is 2.34. The van der Waals surface area contributed by atoms with E-state index in [1.54, 1.807) is 11.0 Å². The van der Waals surface area contributed by atoms with Gasteiger partial charge in [0.25, 0.3) is 5.91 Å². The lowest BCUT2D eigenvalue weighted by Gasteiger charge is -2.28. The van der Waals surface area contributed by atoms with Crippen LogP contribution in [0.5, 0.6) is 0 Å². The molecule has 1 saturated heterocycles. The zero-order valence-corrected chi connectivity index (χ0v) is 16.3. The molecule has 5 nitrogen and oxygen atoms in total. The van der Waals surface area contributed by atoms with Crippen molar-refractivity contribution in [2.75, 3.05) is 32.7 Å². The van der Waals surface area contributed by atoms with Gasteiger partial charge in [-0.05, 0) is 53.1 Å². The van der Waals surface area contributed by atoms with Gasteiger partial charge in [-0.25, -0.2) is 0 Å². The zero-order valence-electron chi connectivity index (χ0n) is 16.3. The van der Waals surface area contributed by atoms with Crippen LogP contribution in [0.1, 0.15) is 61.8 Å². The van der Waals surface area contributed by atoms with Gasteiger partial charge in [-0.15, -0.1) is 0 Å². The fraction of sp³-hybridized carbons (Fsp3) is 0.700. The summed E-state index contributed by atoms with van der Waals surface area (Å²) in [6.07, 6.45) is 4.57. The molecule has 1 amide bonds. The predicted molar refractivity (Wildman–Crippen MR) is 102 cm³/mol. The van der Waals surface area contributed by atoms with Crippen molar-refractivity contribution in [2.45, 2.75) is 59.9 Å². The summed E-state index contributed by atoms with van der Waals surface area (Å²) in [5.74, 6) is -0.126. The van der Waals surface area contributed by atoms with Crippen LogP contribution in [0.4, 0.5) is 0 Å². The quantitative estimate of drug-likeness (QED) is 0.762. The number of piperidine rings is 1. The molecule has 1 aliphatic rings. The molecule has 1 fully saturated rings. The molecule has 1 aromatic heterocycles. The molecule has 0 aromatic carbocycles. The number of carbonyl (C=O) groups is 1. The first-order valence-electron chi connectivity index (χ1n) is 9.78. The van der Waals surface area contributed by atoms with Crippen LogP contribution in [-0.2, 0) is 13.0 Å². The third kappa shape index (κ3) is 4.51. The van der Waals surface area contributed by atoms with Crippen molar-refractivity contribution in [3.63, 3.8) is 0 Å². The highest BCUT2D eigenvalue weighted by Gasteiger charge is 2.22. The average molecular weight is 348 g/mol. The molecule has 0 spiro atoms. The second-order valence-electron chi connectivity index (χ2n) is 6.86. The summed E-state index contributed by atoms with van der Waals surface area (Å²) in [5.41, 5.74) is 2.07. The van der Waals surface area contributed by atoms with E-state index >= 15 is 0 Å². The molecule has 0 unspecified atom stereocenters. The number of aryl methyl sites for hydroxylation is 1. The fourth-order valence-electron chi connectivity index (χ4n) is 3.83. The second-order valence-corrected chi connectivity index (χ2v) is 6.86. The van der Waals surface area contributed by atoms with E-state index in [1.165, 1.54) is 19.3 Å². The smallest absolute Gasteiger partial charge is 0.259 e. The number of aromatic nitrogens is 1. The summed E-state index contributed by atoms with van der Waals surface area (Å²) in [7, 11) is 0. The Hall–Kier alpha value is -1.62. The van der Waals surface area contributed by atoms with Crippen LogP contribution >= 0.6 is 0 Å². The van der Waals surface area contributed by atoms with E-state index in [1.807, 2.05) is 27.7 Å². The van der Waals surface area contributed by atoms with Crippen LogP contribution in [-0.4, -0.2) is 53.0 Å². The van der Waals surface area contributed by atoms with Crippen molar-refractivity contribution in [2.24, 2.45) is 0 Å². The van der Waals surface area contributed by atoms with Gasteiger partial charge < -0.3 is 14.4 Å². The van der Waals surface area contributed by atoms with Crippen LogP contribution in [0.2, 0.25) is 0 Å². The Labute approximate surface area is 151 Å². The van der Waals surface area contributed by atoms with E-state index < -0.39 is 0 Å². The summed E-state index contributed by atoms with van der Waals surface area (Å²) in [5, 5.41) is 0. The highest BCUT2D eigenvalue weighted by molar-refractivity contribution is 5.95. The van der Waals surface area contributed by atoms with Gasteiger partial charge in [-0.1, -0.05) is 13.3 Å². The van der Waals surface area contributed by atoms with Crippen molar-refractivity contribution < 1.29 is 4.79 Å². The molecule has 5 heteroatoms. The second kappa shape index (κ2) is 9.18. The monoisotopic (exact) mass is 347 g/mol. The maximum atomic E-state index is 12.9. The average Bonchev–Trinajstić information content (AvgIpc) is 2.62. The largest absolute Gasteiger partial charge is 0.347 e. The number of hydrogen-bond acceptors (Lipinski definition) is 3. The van der Waals surface area contributed by atoms with E-state index in [0.29, 0.717) is 25.1 Å². The maximum Gasteiger partial charge on any atom is 0.259 e. The number of amides is 1. The molecule has 0 aliphatic carbocycles. The van der Waals surface area contributed by atoms with E-state index in [4.69, 9.17) is 0 Å². The number of carbonyl (C=O) groups excluding carboxylic acids is 1. The predicted octanol–water partition coefficient (Wildman–Crippen LogP) is 2.69. The molecule has 0 radical (unpaired) electrons. The number of rotatable bonds is 7. The molecule has 1 aliphatic heterocycles. The van der Waals surface area contributed by atoms with Crippen LogP contribution in [0, 0.1) is 6.92 Å². The van der Waals surface area contributed by atoms with Crippen molar-refractivity contribution in [3.8, 4) is 0 Å². The molecule has 2 heterocycles. The Morgan fingerprint density at radius 2 is 1.72 bits per heavy atom.